The summed E-state index contributed by atoms with van der Waals surface area (Å²) < 4.78 is 19.1. The number of rotatable bonds is 7. The standard InChI is InChI=1S/C20H24N3O5P/c1-4-13-12(6-7-19(14(13)5-2)29(25,26)27)10-23-11-22-16-8-15(20(21)24)18(28-3)9-17(16)23/h6-9,11H,4-5,10H2,1-3H3,(H2,21,24)(H2,25,26,27). The van der Waals surface area contributed by atoms with Gasteiger partial charge in [-0.25, -0.2) is 4.98 Å². The lowest BCUT2D eigenvalue weighted by molar-refractivity contribution is 0.0997. The number of carbonyl (C=O) groups is 1. The highest BCUT2D eigenvalue weighted by Gasteiger charge is 2.24. The van der Waals surface area contributed by atoms with Gasteiger partial charge in [0.15, 0.2) is 0 Å². The molecule has 8 nitrogen and oxygen atoms in total. The molecule has 0 aliphatic rings. The van der Waals surface area contributed by atoms with Gasteiger partial charge >= 0.3 is 7.60 Å². The van der Waals surface area contributed by atoms with Crippen molar-refractivity contribution in [2.75, 3.05) is 7.11 Å². The van der Waals surface area contributed by atoms with Crippen LogP contribution in [0.4, 0.5) is 0 Å². The summed E-state index contributed by atoms with van der Waals surface area (Å²) in [6, 6.07) is 6.59. The molecule has 1 heterocycles. The number of aromatic nitrogens is 2. The molecule has 0 bridgehead atoms. The molecule has 0 unspecified atom stereocenters. The summed E-state index contributed by atoms with van der Waals surface area (Å²) in [5.74, 6) is -0.222. The number of nitrogens with two attached hydrogens (primary N) is 1. The first-order valence-corrected chi connectivity index (χ1v) is 10.8. The number of amides is 1. The molecule has 0 saturated heterocycles. The van der Waals surface area contributed by atoms with E-state index in [1.54, 1.807) is 24.5 Å². The number of fused-ring (bicyclic) bond motifs is 1. The average Bonchev–Trinajstić information content (AvgIpc) is 3.07. The fourth-order valence-corrected chi connectivity index (χ4v) is 4.65. The first-order valence-electron chi connectivity index (χ1n) is 9.23. The number of methoxy groups -OCH3 is 1. The Kier molecular flexibility index (Phi) is 5.80. The number of imidazole rings is 1. The van der Waals surface area contributed by atoms with E-state index in [2.05, 4.69) is 4.98 Å². The Hall–Kier alpha value is -2.67. The van der Waals surface area contributed by atoms with Crippen molar-refractivity contribution in [3.05, 3.63) is 52.8 Å². The minimum absolute atomic E-state index is 0.0869. The van der Waals surface area contributed by atoms with E-state index >= 15 is 0 Å². The van der Waals surface area contributed by atoms with Crippen LogP contribution in [0.2, 0.25) is 0 Å². The number of hydrogen-bond acceptors (Lipinski definition) is 4. The molecule has 0 aliphatic carbocycles. The lowest BCUT2D eigenvalue weighted by atomic mass is 9.97. The zero-order chi connectivity index (χ0) is 21.3. The molecule has 0 aliphatic heterocycles. The highest BCUT2D eigenvalue weighted by Crippen LogP contribution is 2.37. The maximum absolute atomic E-state index is 11.9. The molecule has 3 rings (SSSR count). The van der Waals surface area contributed by atoms with Crippen LogP contribution in [-0.4, -0.2) is 32.4 Å². The summed E-state index contributed by atoms with van der Waals surface area (Å²) in [4.78, 5) is 35.4. The van der Waals surface area contributed by atoms with Crippen LogP contribution >= 0.6 is 7.60 Å². The van der Waals surface area contributed by atoms with Crippen molar-refractivity contribution in [3.8, 4) is 5.75 Å². The topological polar surface area (TPSA) is 128 Å². The Balaban J connectivity index is 2.12. The van der Waals surface area contributed by atoms with Crippen molar-refractivity contribution in [2.24, 2.45) is 5.73 Å². The third-order valence-corrected chi connectivity index (χ3v) is 6.12. The number of nitrogens with zero attached hydrogens (tertiary/aromatic N) is 2. The summed E-state index contributed by atoms with van der Waals surface area (Å²) in [6.07, 6.45) is 2.84. The zero-order valence-corrected chi connectivity index (χ0v) is 17.4. The first-order chi connectivity index (χ1) is 13.7. The molecule has 154 valence electrons. The van der Waals surface area contributed by atoms with Crippen LogP contribution in [-0.2, 0) is 24.0 Å². The normalized spacial score (nSPS) is 11.8. The van der Waals surface area contributed by atoms with Gasteiger partial charge in [-0.05, 0) is 41.7 Å². The summed E-state index contributed by atoms with van der Waals surface area (Å²) >= 11 is 0. The second-order valence-electron chi connectivity index (χ2n) is 6.73. The maximum Gasteiger partial charge on any atom is 0.356 e. The summed E-state index contributed by atoms with van der Waals surface area (Å²) in [5.41, 5.74) is 9.63. The molecule has 0 atom stereocenters. The van der Waals surface area contributed by atoms with E-state index in [4.69, 9.17) is 10.5 Å². The molecule has 0 spiro atoms. The largest absolute Gasteiger partial charge is 0.496 e. The van der Waals surface area contributed by atoms with E-state index < -0.39 is 13.5 Å². The molecule has 1 aromatic heterocycles. The molecule has 29 heavy (non-hydrogen) atoms. The van der Waals surface area contributed by atoms with Gasteiger partial charge in [0.25, 0.3) is 5.91 Å². The van der Waals surface area contributed by atoms with Gasteiger partial charge in [-0.1, -0.05) is 19.9 Å². The Labute approximate surface area is 168 Å². The van der Waals surface area contributed by atoms with Gasteiger partial charge in [-0.3, -0.25) is 9.36 Å². The highest BCUT2D eigenvalue weighted by molar-refractivity contribution is 7.60. The van der Waals surface area contributed by atoms with Crippen LogP contribution in [0.3, 0.4) is 0 Å². The number of carbonyl (C=O) groups excluding carboxylic acids is 1. The molecule has 3 aromatic rings. The van der Waals surface area contributed by atoms with Crippen LogP contribution in [0, 0.1) is 0 Å². The molecule has 0 fully saturated rings. The predicted octanol–water partition coefficient (Wildman–Crippen LogP) is 2.12. The van der Waals surface area contributed by atoms with Crippen molar-refractivity contribution < 1.29 is 23.9 Å². The summed E-state index contributed by atoms with van der Waals surface area (Å²) in [5, 5.41) is 0.0869. The third kappa shape index (κ3) is 3.92. The number of hydrogen-bond donors (Lipinski definition) is 3. The molecule has 9 heteroatoms. The second kappa shape index (κ2) is 7.99. The van der Waals surface area contributed by atoms with Crippen LogP contribution in [0.25, 0.3) is 11.0 Å². The number of benzene rings is 2. The molecular weight excluding hydrogens is 393 g/mol. The van der Waals surface area contributed by atoms with Gasteiger partial charge in [-0.2, -0.15) is 0 Å². The summed E-state index contributed by atoms with van der Waals surface area (Å²) in [7, 11) is -2.88. The number of primary amides is 1. The van der Waals surface area contributed by atoms with Gasteiger partial charge in [0.2, 0.25) is 0 Å². The fourth-order valence-electron chi connectivity index (χ4n) is 3.74. The van der Waals surface area contributed by atoms with Gasteiger partial charge in [-0.15, -0.1) is 0 Å². The monoisotopic (exact) mass is 417 g/mol. The Bertz CT molecular complexity index is 1130. The smallest absolute Gasteiger partial charge is 0.356 e. The minimum atomic E-state index is -4.35. The van der Waals surface area contributed by atoms with Crippen LogP contribution < -0.4 is 15.8 Å². The van der Waals surface area contributed by atoms with Crippen LogP contribution in [0.5, 0.6) is 5.75 Å². The van der Waals surface area contributed by atoms with Gasteiger partial charge < -0.3 is 24.8 Å². The Morgan fingerprint density at radius 3 is 2.45 bits per heavy atom. The van der Waals surface area contributed by atoms with E-state index in [1.165, 1.54) is 13.2 Å². The van der Waals surface area contributed by atoms with Gasteiger partial charge in [0, 0.05) is 12.6 Å². The van der Waals surface area contributed by atoms with E-state index in [1.807, 2.05) is 18.4 Å². The Morgan fingerprint density at radius 2 is 1.90 bits per heavy atom. The van der Waals surface area contributed by atoms with Crippen molar-refractivity contribution in [2.45, 2.75) is 33.2 Å². The first kappa shape index (κ1) is 21.0. The Morgan fingerprint density at radius 1 is 1.21 bits per heavy atom. The van der Waals surface area contributed by atoms with Gasteiger partial charge in [0.05, 0.1) is 35.3 Å². The molecule has 0 saturated carbocycles. The van der Waals surface area contributed by atoms with E-state index in [-0.39, 0.29) is 10.9 Å². The average molecular weight is 417 g/mol. The highest BCUT2D eigenvalue weighted by atomic mass is 31.2. The molecule has 0 radical (unpaired) electrons. The minimum Gasteiger partial charge on any atom is -0.496 e. The quantitative estimate of drug-likeness (QED) is 0.505. The van der Waals surface area contributed by atoms with Crippen LogP contribution in [0.15, 0.2) is 30.6 Å². The molecule has 1 amide bonds. The van der Waals surface area contributed by atoms with Crippen LogP contribution in [0.1, 0.15) is 40.9 Å². The van der Waals surface area contributed by atoms with E-state index in [9.17, 15) is 19.1 Å². The maximum atomic E-state index is 11.9. The lowest BCUT2D eigenvalue weighted by Gasteiger charge is -2.18. The zero-order valence-electron chi connectivity index (χ0n) is 16.5. The van der Waals surface area contributed by atoms with Crippen molar-refractivity contribution in [1.29, 1.82) is 0 Å². The third-order valence-electron chi connectivity index (χ3n) is 5.07. The SMILES string of the molecule is CCc1c(Cn2cnc3cc(C(N)=O)c(OC)cc32)ccc(P(=O)(O)O)c1CC. The second-order valence-corrected chi connectivity index (χ2v) is 8.30. The van der Waals surface area contributed by atoms with E-state index in [0.717, 1.165) is 16.6 Å². The fraction of sp³-hybridized carbons (Fsp3) is 0.300. The summed E-state index contributed by atoms with van der Waals surface area (Å²) in [6.45, 7) is 4.32. The van der Waals surface area contributed by atoms with Gasteiger partial charge in [0.1, 0.15) is 5.75 Å². The van der Waals surface area contributed by atoms with Crippen molar-refractivity contribution in [3.63, 3.8) is 0 Å². The lowest BCUT2D eigenvalue weighted by Crippen LogP contribution is -2.16. The molecular formula is C20H24N3O5P. The van der Waals surface area contributed by atoms with E-state index in [0.29, 0.717) is 36.2 Å². The molecule has 2 aromatic carbocycles. The molecule has 4 N–H and O–H groups in total. The predicted molar refractivity (Wildman–Crippen MR) is 111 cm³/mol. The van der Waals surface area contributed by atoms with Crippen molar-refractivity contribution in [1.82, 2.24) is 9.55 Å². The number of ether oxygens (including phenoxy) is 1. The van der Waals surface area contributed by atoms with Crippen molar-refractivity contribution >= 4 is 29.8 Å².